The Kier molecular flexibility index (Phi) is 2.81. The van der Waals surface area contributed by atoms with Gasteiger partial charge in [-0.2, -0.15) is 8.42 Å². The molecule has 0 saturated carbocycles. The molecule has 0 aliphatic heterocycles. The van der Waals surface area contributed by atoms with Crippen molar-refractivity contribution in [3.8, 4) is 0 Å². The largest absolute Gasteiger partial charge is 0.420 e. The van der Waals surface area contributed by atoms with Crippen molar-refractivity contribution in [3.05, 3.63) is 0 Å². The minimum atomic E-state index is -4.23. The highest BCUT2D eigenvalue weighted by atomic mass is 32.2. The monoisotopic (exact) mass is 182 g/mol. The standard InChI is InChI=1S/C3H6N2O5S/c4-2(6)1-11(8,9)10-3(5)7/h1H2,(H2,4,6)(H2,5,7). The van der Waals surface area contributed by atoms with Crippen molar-refractivity contribution in [2.45, 2.75) is 0 Å². The maximum atomic E-state index is 10.4. The summed E-state index contributed by atoms with van der Waals surface area (Å²) in [5.74, 6) is -2.18. The SMILES string of the molecule is NC(=O)CS(=O)(=O)OC(N)=O. The molecule has 0 radical (unpaired) electrons. The van der Waals surface area contributed by atoms with E-state index in [1.807, 2.05) is 0 Å². The molecule has 0 rings (SSSR count). The zero-order chi connectivity index (χ0) is 9.07. The second kappa shape index (κ2) is 3.19. The predicted molar refractivity (Wildman–Crippen MR) is 33.6 cm³/mol. The van der Waals surface area contributed by atoms with Gasteiger partial charge in [-0.15, -0.1) is 0 Å². The summed E-state index contributed by atoms with van der Waals surface area (Å²) in [6, 6.07) is 0. The van der Waals surface area contributed by atoms with Gasteiger partial charge in [0.1, 0.15) is 0 Å². The maximum Gasteiger partial charge on any atom is 0.420 e. The summed E-state index contributed by atoms with van der Waals surface area (Å²) in [7, 11) is -4.23. The summed E-state index contributed by atoms with van der Waals surface area (Å²) in [4.78, 5) is 19.9. The van der Waals surface area contributed by atoms with Gasteiger partial charge in [-0.1, -0.05) is 0 Å². The van der Waals surface area contributed by atoms with Gasteiger partial charge in [0.15, 0.2) is 5.75 Å². The summed E-state index contributed by atoms with van der Waals surface area (Å²) in [6.07, 6.45) is -1.49. The highest BCUT2D eigenvalue weighted by Crippen LogP contribution is 1.90. The van der Waals surface area contributed by atoms with Crippen molar-refractivity contribution in [2.24, 2.45) is 11.5 Å². The van der Waals surface area contributed by atoms with Crippen LogP contribution >= 0.6 is 0 Å². The quantitative estimate of drug-likeness (QED) is 0.482. The molecule has 64 valence electrons. The van der Waals surface area contributed by atoms with E-state index < -0.39 is 27.9 Å². The zero-order valence-electron chi connectivity index (χ0n) is 5.31. The summed E-state index contributed by atoms with van der Waals surface area (Å²) in [6.45, 7) is 0. The molecule has 2 amide bonds. The fourth-order valence-corrected chi connectivity index (χ4v) is 0.986. The number of amides is 2. The van der Waals surface area contributed by atoms with E-state index in [1.165, 1.54) is 0 Å². The molecule has 0 aromatic carbocycles. The number of hydrogen-bond acceptors (Lipinski definition) is 5. The zero-order valence-corrected chi connectivity index (χ0v) is 6.13. The van der Waals surface area contributed by atoms with Crippen molar-refractivity contribution in [1.29, 1.82) is 0 Å². The van der Waals surface area contributed by atoms with E-state index in [0.29, 0.717) is 0 Å². The predicted octanol–water partition coefficient (Wildman–Crippen LogP) is -2.10. The van der Waals surface area contributed by atoms with Crippen molar-refractivity contribution in [2.75, 3.05) is 5.75 Å². The minimum absolute atomic E-state index is 1.06. The van der Waals surface area contributed by atoms with E-state index in [0.717, 1.165) is 0 Å². The second-order valence-electron chi connectivity index (χ2n) is 1.57. The fourth-order valence-electron chi connectivity index (χ4n) is 0.329. The Morgan fingerprint density at radius 2 is 1.73 bits per heavy atom. The van der Waals surface area contributed by atoms with Gasteiger partial charge in [0.2, 0.25) is 5.91 Å². The summed E-state index contributed by atoms with van der Waals surface area (Å²) >= 11 is 0. The summed E-state index contributed by atoms with van der Waals surface area (Å²) in [5.41, 5.74) is 8.87. The number of rotatable bonds is 3. The molecule has 0 atom stereocenters. The van der Waals surface area contributed by atoms with Gasteiger partial charge in [-0.25, -0.2) is 4.79 Å². The number of nitrogens with two attached hydrogens (primary N) is 2. The van der Waals surface area contributed by atoms with Crippen LogP contribution in [0.5, 0.6) is 0 Å². The van der Waals surface area contributed by atoms with Gasteiger partial charge >= 0.3 is 16.2 Å². The van der Waals surface area contributed by atoms with Crippen molar-refractivity contribution < 1.29 is 22.2 Å². The maximum absolute atomic E-state index is 10.4. The number of primary amides is 2. The third kappa shape index (κ3) is 5.15. The summed E-state index contributed by atoms with van der Waals surface area (Å²) < 4.78 is 24.4. The minimum Gasteiger partial charge on any atom is -0.369 e. The molecule has 7 nitrogen and oxygen atoms in total. The third-order valence-corrected chi connectivity index (χ3v) is 1.58. The van der Waals surface area contributed by atoms with Crippen LogP contribution in [0.2, 0.25) is 0 Å². The number of carbonyl (C=O) groups excluding carboxylic acids is 2. The Morgan fingerprint density at radius 3 is 2.00 bits per heavy atom. The van der Waals surface area contributed by atoms with Gasteiger partial charge in [0, 0.05) is 0 Å². The van der Waals surface area contributed by atoms with Crippen LogP contribution in [0.15, 0.2) is 0 Å². The first kappa shape index (κ1) is 9.69. The molecule has 0 heterocycles. The molecule has 0 fully saturated rings. The lowest BCUT2D eigenvalue weighted by Gasteiger charge is -1.98. The van der Waals surface area contributed by atoms with Gasteiger partial charge in [-0.05, 0) is 0 Å². The Bertz CT molecular complexity index is 245. The molecule has 0 bridgehead atoms. The Labute approximate surface area is 62.4 Å². The average Bonchev–Trinajstić information content (AvgIpc) is 1.53. The normalized spacial score (nSPS) is 10.5. The van der Waals surface area contributed by atoms with Crippen LogP contribution in [0.25, 0.3) is 0 Å². The highest BCUT2D eigenvalue weighted by molar-refractivity contribution is 7.87. The third-order valence-electron chi connectivity index (χ3n) is 0.528. The lowest BCUT2D eigenvalue weighted by molar-refractivity contribution is -0.115. The smallest absolute Gasteiger partial charge is 0.369 e. The van der Waals surface area contributed by atoms with E-state index in [1.54, 1.807) is 0 Å². The molecular formula is C3H6N2O5S. The molecule has 0 saturated heterocycles. The van der Waals surface area contributed by atoms with Gasteiger partial charge in [-0.3, -0.25) is 4.79 Å². The van der Waals surface area contributed by atoms with Crippen molar-refractivity contribution in [1.82, 2.24) is 0 Å². The molecule has 4 N–H and O–H groups in total. The molecule has 11 heavy (non-hydrogen) atoms. The van der Waals surface area contributed by atoms with E-state index in [4.69, 9.17) is 0 Å². The molecule has 0 aliphatic carbocycles. The highest BCUT2D eigenvalue weighted by Gasteiger charge is 2.17. The first-order chi connectivity index (χ1) is 4.83. The van der Waals surface area contributed by atoms with E-state index in [2.05, 4.69) is 15.7 Å². The number of hydrogen-bond donors (Lipinski definition) is 2. The van der Waals surface area contributed by atoms with E-state index >= 15 is 0 Å². The van der Waals surface area contributed by atoms with Crippen LogP contribution in [0, 0.1) is 0 Å². The van der Waals surface area contributed by atoms with Crippen LogP contribution < -0.4 is 11.5 Å². The second-order valence-corrected chi connectivity index (χ2v) is 3.14. The van der Waals surface area contributed by atoms with E-state index in [-0.39, 0.29) is 0 Å². The Balaban J connectivity index is 4.25. The van der Waals surface area contributed by atoms with Crippen LogP contribution in [-0.2, 0) is 19.1 Å². The van der Waals surface area contributed by atoms with Crippen LogP contribution in [0.3, 0.4) is 0 Å². The topological polar surface area (TPSA) is 130 Å². The lowest BCUT2D eigenvalue weighted by Crippen LogP contribution is -2.28. The van der Waals surface area contributed by atoms with Crippen molar-refractivity contribution in [3.63, 3.8) is 0 Å². The van der Waals surface area contributed by atoms with Crippen LogP contribution in [-0.4, -0.2) is 26.2 Å². The molecule has 0 unspecified atom stereocenters. The number of carbonyl (C=O) groups is 2. The average molecular weight is 182 g/mol. The molecule has 0 aliphatic rings. The van der Waals surface area contributed by atoms with Gasteiger partial charge in [0.05, 0.1) is 0 Å². The van der Waals surface area contributed by atoms with E-state index in [9.17, 15) is 18.0 Å². The summed E-state index contributed by atoms with van der Waals surface area (Å²) in [5, 5.41) is 0. The first-order valence-electron chi connectivity index (χ1n) is 2.33. The molecule has 0 aromatic heterocycles. The molecular weight excluding hydrogens is 176 g/mol. The molecule has 8 heteroatoms. The van der Waals surface area contributed by atoms with Crippen molar-refractivity contribution >= 4 is 22.1 Å². The van der Waals surface area contributed by atoms with Gasteiger partial charge < -0.3 is 15.7 Å². The fraction of sp³-hybridized carbons (Fsp3) is 0.333. The van der Waals surface area contributed by atoms with Crippen LogP contribution in [0.4, 0.5) is 4.79 Å². The lowest BCUT2D eigenvalue weighted by atomic mass is 10.8. The van der Waals surface area contributed by atoms with Gasteiger partial charge in [0.25, 0.3) is 0 Å². The Morgan fingerprint density at radius 1 is 1.27 bits per heavy atom. The first-order valence-corrected chi connectivity index (χ1v) is 3.91. The van der Waals surface area contributed by atoms with Crippen LogP contribution in [0.1, 0.15) is 0 Å². The Hall–Kier alpha value is -1.31. The molecule has 0 spiro atoms. The molecule has 0 aromatic rings.